The first-order valence-corrected chi connectivity index (χ1v) is 15.6. The fourth-order valence-electron chi connectivity index (χ4n) is 5.46. The highest BCUT2D eigenvalue weighted by Gasteiger charge is 2.54. The summed E-state index contributed by atoms with van der Waals surface area (Å²) in [5.74, 6) is 0.568. The average molecular weight is 556 g/mol. The van der Waals surface area contributed by atoms with Crippen LogP contribution in [0.3, 0.4) is 0 Å². The van der Waals surface area contributed by atoms with Crippen LogP contribution in [0, 0.1) is 0 Å². The van der Waals surface area contributed by atoms with Crippen LogP contribution in [-0.2, 0) is 11.3 Å². The van der Waals surface area contributed by atoms with Gasteiger partial charge in [-0.15, -0.1) is 0 Å². The summed E-state index contributed by atoms with van der Waals surface area (Å²) in [6.45, 7) is 1.96. The summed E-state index contributed by atoms with van der Waals surface area (Å²) in [7, 11) is -2.65. The number of ether oxygens (including phenoxy) is 1. The first kappa shape index (κ1) is 26.6. The Hall–Kier alpha value is -4.66. The first-order valence-electron chi connectivity index (χ1n) is 13.9. The second-order valence-corrected chi connectivity index (χ2v) is 13.2. The Morgan fingerprint density at radius 3 is 1.56 bits per heavy atom. The second-order valence-electron chi connectivity index (χ2n) is 9.91. The number of carbonyl (C=O) groups excluding carboxylic acids is 1. The molecule has 202 valence electrons. The zero-order chi connectivity index (χ0) is 27.9. The summed E-state index contributed by atoms with van der Waals surface area (Å²) in [5, 5.41) is 6.88. The SMILES string of the molecule is O=C(N/C(=C1/OCCN1Cc1ccccc1)[P+](c1ccccc1)(c1ccccc1)c1ccccc1)c1ccccc1. The molecule has 6 rings (SSSR count). The van der Waals surface area contributed by atoms with Crippen molar-refractivity contribution in [1.82, 2.24) is 10.2 Å². The minimum absolute atomic E-state index is 0.157. The van der Waals surface area contributed by atoms with Crippen molar-refractivity contribution in [2.45, 2.75) is 6.54 Å². The van der Waals surface area contributed by atoms with Crippen molar-refractivity contribution in [3.63, 3.8) is 0 Å². The molecule has 1 aliphatic heterocycles. The van der Waals surface area contributed by atoms with Gasteiger partial charge in [0, 0.05) is 12.1 Å². The molecule has 4 nitrogen and oxygen atoms in total. The fraction of sp³-hybridized carbons (Fsp3) is 0.0833. The molecule has 0 atom stereocenters. The Morgan fingerprint density at radius 2 is 1.07 bits per heavy atom. The van der Waals surface area contributed by atoms with Crippen molar-refractivity contribution >= 4 is 29.1 Å². The van der Waals surface area contributed by atoms with Gasteiger partial charge in [0.2, 0.25) is 5.44 Å². The van der Waals surface area contributed by atoms with E-state index in [1.807, 2.05) is 54.6 Å². The van der Waals surface area contributed by atoms with E-state index in [1.54, 1.807) is 0 Å². The topological polar surface area (TPSA) is 41.6 Å². The second kappa shape index (κ2) is 12.2. The van der Waals surface area contributed by atoms with E-state index in [0.717, 1.165) is 33.8 Å². The van der Waals surface area contributed by atoms with E-state index in [1.165, 1.54) is 5.56 Å². The molecule has 0 bridgehead atoms. The van der Waals surface area contributed by atoms with Gasteiger partial charge in [0.25, 0.3) is 11.8 Å². The highest BCUT2D eigenvalue weighted by Crippen LogP contribution is 2.63. The Morgan fingerprint density at radius 1 is 0.634 bits per heavy atom. The van der Waals surface area contributed by atoms with E-state index in [2.05, 4.69) is 107 Å². The third-order valence-corrected chi connectivity index (χ3v) is 11.5. The lowest BCUT2D eigenvalue weighted by molar-refractivity contribution is 0.0964. The summed E-state index contributed by atoms with van der Waals surface area (Å²) in [6.07, 6.45) is 0. The van der Waals surface area contributed by atoms with Gasteiger partial charge < -0.3 is 9.64 Å². The molecular formula is C36H32N2O2P+. The van der Waals surface area contributed by atoms with Crippen LogP contribution < -0.4 is 21.2 Å². The minimum Gasteiger partial charge on any atom is -0.473 e. The summed E-state index contributed by atoms with van der Waals surface area (Å²) in [5.41, 5.74) is 2.60. The zero-order valence-electron chi connectivity index (χ0n) is 22.8. The first-order chi connectivity index (χ1) is 20.3. The van der Waals surface area contributed by atoms with Crippen LogP contribution in [0.1, 0.15) is 15.9 Å². The van der Waals surface area contributed by atoms with E-state index in [0.29, 0.717) is 18.7 Å². The van der Waals surface area contributed by atoms with Crippen LogP contribution in [0.5, 0.6) is 0 Å². The van der Waals surface area contributed by atoms with Gasteiger partial charge in [-0.3, -0.25) is 10.1 Å². The maximum Gasteiger partial charge on any atom is 0.258 e. The Labute approximate surface area is 242 Å². The lowest BCUT2D eigenvalue weighted by Gasteiger charge is -2.31. The van der Waals surface area contributed by atoms with Gasteiger partial charge in [-0.2, -0.15) is 0 Å². The number of rotatable bonds is 8. The molecule has 1 N–H and O–H groups in total. The van der Waals surface area contributed by atoms with Gasteiger partial charge in [0.1, 0.15) is 22.5 Å². The summed E-state index contributed by atoms with van der Waals surface area (Å²) < 4.78 is 6.53. The molecule has 5 aromatic carbocycles. The van der Waals surface area contributed by atoms with Crippen LogP contribution in [0.4, 0.5) is 0 Å². The lowest BCUT2D eigenvalue weighted by atomic mass is 10.2. The van der Waals surface area contributed by atoms with Crippen LogP contribution in [0.2, 0.25) is 0 Å². The zero-order valence-corrected chi connectivity index (χ0v) is 23.7. The maximum atomic E-state index is 14.0. The molecule has 0 spiro atoms. The molecule has 0 unspecified atom stereocenters. The van der Waals surface area contributed by atoms with E-state index < -0.39 is 7.26 Å². The van der Waals surface area contributed by atoms with Crippen LogP contribution >= 0.6 is 7.26 Å². The molecule has 0 aliphatic carbocycles. The molecule has 1 heterocycles. The molecule has 1 saturated heterocycles. The molecule has 0 saturated carbocycles. The molecule has 5 aromatic rings. The number of nitrogens with zero attached hydrogens (tertiary/aromatic N) is 1. The standard InChI is InChI=1S/C36H31N2O2P/c39-34(30-18-8-2-9-19-30)37-35(36-38(26-27-40-36)28-29-16-6-1-7-17-29)41(31-20-10-3-11-21-31,32-22-12-4-13-23-32)33-24-14-5-15-25-33/h1-25H,26-28H2/p+1/b36-35-. The number of hydrogen-bond acceptors (Lipinski definition) is 3. The quantitative estimate of drug-likeness (QED) is 0.237. The largest absolute Gasteiger partial charge is 0.473 e. The van der Waals surface area contributed by atoms with Crippen molar-refractivity contribution < 1.29 is 9.53 Å². The van der Waals surface area contributed by atoms with Gasteiger partial charge in [0.15, 0.2) is 7.26 Å². The maximum absolute atomic E-state index is 14.0. The number of amides is 1. The Balaban J connectivity index is 1.65. The number of nitrogens with one attached hydrogen (secondary N) is 1. The molecular weight excluding hydrogens is 523 g/mol. The highest BCUT2D eigenvalue weighted by molar-refractivity contribution is 7.99. The van der Waals surface area contributed by atoms with Crippen molar-refractivity contribution in [3.05, 3.63) is 174 Å². The Bertz CT molecular complexity index is 1510. The summed E-state index contributed by atoms with van der Waals surface area (Å²) >= 11 is 0. The average Bonchev–Trinajstić information content (AvgIpc) is 3.51. The molecule has 0 radical (unpaired) electrons. The van der Waals surface area contributed by atoms with Crippen molar-refractivity contribution in [2.75, 3.05) is 13.2 Å². The van der Waals surface area contributed by atoms with Crippen LogP contribution in [0.15, 0.2) is 163 Å². The third-order valence-electron chi connectivity index (χ3n) is 7.34. The third kappa shape index (κ3) is 5.39. The number of carbonyl (C=O) groups is 1. The van der Waals surface area contributed by atoms with Crippen LogP contribution in [-0.4, -0.2) is 24.0 Å². The predicted molar refractivity (Wildman–Crippen MR) is 169 cm³/mol. The highest BCUT2D eigenvalue weighted by atomic mass is 31.2. The van der Waals surface area contributed by atoms with Gasteiger partial charge in [-0.05, 0) is 54.1 Å². The van der Waals surface area contributed by atoms with Gasteiger partial charge >= 0.3 is 0 Å². The summed E-state index contributed by atoms with van der Waals surface area (Å²) in [4.78, 5) is 16.3. The normalized spacial score (nSPS) is 14.3. The van der Waals surface area contributed by atoms with Crippen LogP contribution in [0.25, 0.3) is 0 Å². The van der Waals surface area contributed by atoms with E-state index in [9.17, 15) is 4.79 Å². The molecule has 0 aromatic heterocycles. The molecule has 1 aliphatic rings. The van der Waals surface area contributed by atoms with Crippen molar-refractivity contribution in [3.8, 4) is 0 Å². The molecule has 1 amide bonds. The molecule has 5 heteroatoms. The van der Waals surface area contributed by atoms with E-state index in [4.69, 9.17) is 4.74 Å². The fourth-order valence-corrected chi connectivity index (χ4v) is 9.75. The lowest BCUT2D eigenvalue weighted by Crippen LogP contribution is -2.40. The smallest absolute Gasteiger partial charge is 0.258 e. The van der Waals surface area contributed by atoms with Gasteiger partial charge in [-0.25, -0.2) is 0 Å². The monoisotopic (exact) mass is 555 g/mol. The Kier molecular flexibility index (Phi) is 7.93. The van der Waals surface area contributed by atoms with Crippen molar-refractivity contribution in [1.29, 1.82) is 0 Å². The van der Waals surface area contributed by atoms with E-state index in [-0.39, 0.29) is 5.91 Å². The number of hydrogen-bond donors (Lipinski definition) is 1. The number of benzene rings is 5. The molecule has 1 fully saturated rings. The van der Waals surface area contributed by atoms with Crippen molar-refractivity contribution in [2.24, 2.45) is 0 Å². The van der Waals surface area contributed by atoms with Gasteiger partial charge in [0.05, 0.1) is 6.54 Å². The van der Waals surface area contributed by atoms with E-state index >= 15 is 0 Å². The van der Waals surface area contributed by atoms with Gasteiger partial charge in [-0.1, -0.05) is 103 Å². The summed E-state index contributed by atoms with van der Waals surface area (Å²) in [6, 6.07) is 51.5. The molecule has 41 heavy (non-hydrogen) atoms. The minimum atomic E-state index is -2.65. The predicted octanol–water partition coefficient (Wildman–Crippen LogP) is 6.07.